The number of rotatable bonds is 1. The van der Waals surface area contributed by atoms with Crippen LogP contribution in [0.15, 0.2) is 0 Å². The molecule has 1 saturated heterocycles. The summed E-state index contributed by atoms with van der Waals surface area (Å²) in [7, 11) is 0. The van der Waals surface area contributed by atoms with Gasteiger partial charge in [-0.2, -0.15) is 13.2 Å². The summed E-state index contributed by atoms with van der Waals surface area (Å²) in [5, 5.41) is 19.1. The molecule has 0 radical (unpaired) electrons. The lowest BCUT2D eigenvalue weighted by Gasteiger charge is -2.06. The zero-order valence-corrected chi connectivity index (χ0v) is 7.79. The number of alkyl halides is 3. The Labute approximate surface area is 84.1 Å². The second kappa shape index (κ2) is 4.36. The summed E-state index contributed by atoms with van der Waals surface area (Å²) in [5.41, 5.74) is 0. The molecule has 7 heteroatoms. The highest BCUT2D eigenvalue weighted by Crippen LogP contribution is 2.40. The van der Waals surface area contributed by atoms with E-state index in [-0.39, 0.29) is 0 Å². The predicted molar refractivity (Wildman–Crippen MR) is 44.2 cm³/mol. The second-order valence-electron chi connectivity index (χ2n) is 3.69. The molecule has 0 aromatic rings. The molecule has 0 aromatic carbocycles. The van der Waals surface area contributed by atoms with E-state index < -0.39 is 12.1 Å². The Balaban J connectivity index is 0.000000153. The molecule has 4 nitrogen and oxygen atoms in total. The van der Waals surface area contributed by atoms with E-state index in [2.05, 4.69) is 5.32 Å². The van der Waals surface area contributed by atoms with Crippen molar-refractivity contribution < 1.29 is 28.2 Å². The van der Waals surface area contributed by atoms with E-state index >= 15 is 0 Å². The van der Waals surface area contributed by atoms with Gasteiger partial charge in [0.1, 0.15) is 0 Å². The first kappa shape index (κ1) is 12.3. The topological polar surface area (TPSA) is 69.6 Å². The first-order chi connectivity index (χ1) is 6.84. The smallest absolute Gasteiger partial charge is 0.475 e. The van der Waals surface area contributed by atoms with Gasteiger partial charge in [-0.25, -0.2) is 4.79 Å². The van der Waals surface area contributed by atoms with Crippen molar-refractivity contribution in [3.8, 4) is 0 Å². The van der Waals surface area contributed by atoms with Crippen molar-refractivity contribution in [3.05, 3.63) is 0 Å². The molecule has 1 heterocycles. The fraction of sp³-hybridized carbons (Fsp3) is 0.875. The third-order valence-electron chi connectivity index (χ3n) is 2.42. The summed E-state index contributed by atoms with van der Waals surface area (Å²) in [4.78, 5) is 8.90. The zero-order valence-electron chi connectivity index (χ0n) is 7.79. The number of carboxylic acids is 1. The number of aliphatic hydroxyl groups is 1. The van der Waals surface area contributed by atoms with Crippen LogP contribution < -0.4 is 5.32 Å². The number of carboxylic acid groups (broad SMARTS) is 1. The molecule has 2 fully saturated rings. The predicted octanol–water partition coefficient (Wildman–Crippen LogP) is 0.362. The SMILES string of the molecule is O=C(O)C(F)(F)F.OC[C@@H]1C[C@H]2C[C@H]2N1. The third kappa shape index (κ3) is 3.67. The van der Waals surface area contributed by atoms with Gasteiger partial charge in [-0.1, -0.05) is 0 Å². The number of aliphatic hydroxyl groups excluding tert-OH is 1. The van der Waals surface area contributed by atoms with Gasteiger partial charge >= 0.3 is 12.1 Å². The van der Waals surface area contributed by atoms with E-state index in [4.69, 9.17) is 15.0 Å². The molecule has 1 aliphatic carbocycles. The number of aliphatic carboxylic acids is 1. The van der Waals surface area contributed by atoms with Crippen molar-refractivity contribution in [2.24, 2.45) is 5.92 Å². The zero-order chi connectivity index (χ0) is 11.6. The lowest BCUT2D eigenvalue weighted by Crippen LogP contribution is -2.28. The van der Waals surface area contributed by atoms with Crippen LogP contribution in [0.5, 0.6) is 0 Å². The van der Waals surface area contributed by atoms with E-state index in [0.29, 0.717) is 12.6 Å². The molecular weight excluding hydrogens is 215 g/mol. The van der Waals surface area contributed by atoms with E-state index in [1.165, 1.54) is 12.8 Å². The standard InChI is InChI=1S/C6H11NO.C2HF3O2/c8-3-5-1-4-2-6(4)7-5;3-2(4,5)1(6)7/h4-8H,1-3H2;(H,6,7)/t4-,5-,6+;/m0./s1. The van der Waals surface area contributed by atoms with Crippen LogP contribution in [0.2, 0.25) is 0 Å². The van der Waals surface area contributed by atoms with Gasteiger partial charge in [0.15, 0.2) is 0 Å². The lowest BCUT2D eigenvalue weighted by atomic mass is 10.2. The minimum absolute atomic E-state index is 0.326. The summed E-state index contributed by atoms with van der Waals surface area (Å²) >= 11 is 0. The molecule has 0 unspecified atom stereocenters. The van der Waals surface area contributed by atoms with Gasteiger partial charge < -0.3 is 15.5 Å². The van der Waals surface area contributed by atoms with Crippen LogP contribution in [0.25, 0.3) is 0 Å². The number of hydrogen-bond donors (Lipinski definition) is 3. The fourth-order valence-electron chi connectivity index (χ4n) is 1.58. The number of fused-ring (bicyclic) bond motifs is 1. The molecule has 3 atom stereocenters. The van der Waals surface area contributed by atoms with Crippen molar-refractivity contribution in [1.29, 1.82) is 0 Å². The minimum atomic E-state index is -5.08. The fourth-order valence-corrected chi connectivity index (χ4v) is 1.58. The average Bonchev–Trinajstić information content (AvgIpc) is 2.73. The number of halogens is 3. The van der Waals surface area contributed by atoms with Crippen molar-refractivity contribution in [3.63, 3.8) is 0 Å². The number of hydrogen-bond acceptors (Lipinski definition) is 3. The largest absolute Gasteiger partial charge is 0.490 e. The Morgan fingerprint density at radius 3 is 2.13 bits per heavy atom. The van der Waals surface area contributed by atoms with Crippen LogP contribution in [0.1, 0.15) is 12.8 Å². The first-order valence-corrected chi connectivity index (χ1v) is 4.51. The lowest BCUT2D eigenvalue weighted by molar-refractivity contribution is -0.192. The normalized spacial score (nSPS) is 32.7. The summed E-state index contributed by atoms with van der Waals surface area (Å²) < 4.78 is 31.7. The summed E-state index contributed by atoms with van der Waals surface area (Å²) in [6, 6.07) is 1.21. The third-order valence-corrected chi connectivity index (χ3v) is 2.42. The monoisotopic (exact) mass is 227 g/mol. The van der Waals surface area contributed by atoms with Crippen molar-refractivity contribution in [2.75, 3.05) is 6.61 Å². The second-order valence-corrected chi connectivity index (χ2v) is 3.69. The maximum atomic E-state index is 10.6. The molecule has 0 spiro atoms. The maximum Gasteiger partial charge on any atom is 0.490 e. The Hall–Kier alpha value is -0.820. The van der Waals surface area contributed by atoms with Crippen LogP contribution in [0.4, 0.5) is 13.2 Å². The Kier molecular flexibility index (Phi) is 3.56. The van der Waals surface area contributed by atoms with Crippen LogP contribution in [-0.2, 0) is 4.79 Å². The molecule has 1 saturated carbocycles. The molecule has 1 aliphatic heterocycles. The van der Waals surface area contributed by atoms with E-state index in [9.17, 15) is 13.2 Å². The van der Waals surface area contributed by atoms with Gasteiger partial charge in [-0.3, -0.25) is 0 Å². The van der Waals surface area contributed by atoms with Crippen molar-refractivity contribution in [2.45, 2.75) is 31.1 Å². The van der Waals surface area contributed by atoms with Gasteiger partial charge in [0.2, 0.25) is 0 Å². The van der Waals surface area contributed by atoms with E-state index in [1.54, 1.807) is 0 Å². The van der Waals surface area contributed by atoms with Crippen LogP contribution in [-0.4, -0.2) is 41.0 Å². The molecular formula is C8H12F3NO3. The molecule has 15 heavy (non-hydrogen) atoms. The highest BCUT2D eigenvalue weighted by atomic mass is 19.4. The number of piperidine rings is 1. The molecule has 3 N–H and O–H groups in total. The summed E-state index contributed by atoms with van der Waals surface area (Å²) in [6.45, 7) is 0.326. The first-order valence-electron chi connectivity index (χ1n) is 4.51. The highest BCUT2D eigenvalue weighted by Gasteiger charge is 2.45. The molecule has 0 amide bonds. The quantitative estimate of drug-likeness (QED) is 0.605. The van der Waals surface area contributed by atoms with Crippen molar-refractivity contribution in [1.82, 2.24) is 5.32 Å². The van der Waals surface area contributed by atoms with Gasteiger partial charge in [-0.15, -0.1) is 0 Å². The molecule has 88 valence electrons. The number of carbonyl (C=O) groups is 1. The molecule has 0 aromatic heterocycles. The summed E-state index contributed by atoms with van der Waals surface area (Å²) in [6.07, 6.45) is -2.52. The molecule has 2 aliphatic rings. The average molecular weight is 227 g/mol. The summed E-state index contributed by atoms with van der Waals surface area (Å²) in [5.74, 6) is -1.83. The van der Waals surface area contributed by atoms with E-state index in [1.807, 2.05) is 0 Å². The minimum Gasteiger partial charge on any atom is -0.475 e. The molecule has 0 bridgehead atoms. The van der Waals surface area contributed by atoms with Crippen LogP contribution in [0.3, 0.4) is 0 Å². The van der Waals surface area contributed by atoms with Gasteiger partial charge in [0.25, 0.3) is 0 Å². The Morgan fingerprint density at radius 1 is 1.40 bits per heavy atom. The van der Waals surface area contributed by atoms with Crippen LogP contribution >= 0.6 is 0 Å². The van der Waals surface area contributed by atoms with Crippen molar-refractivity contribution >= 4 is 5.97 Å². The van der Waals surface area contributed by atoms with E-state index in [0.717, 1.165) is 12.0 Å². The Morgan fingerprint density at radius 2 is 1.93 bits per heavy atom. The van der Waals surface area contributed by atoms with Crippen LogP contribution in [0, 0.1) is 5.92 Å². The maximum absolute atomic E-state index is 10.6. The van der Waals surface area contributed by atoms with Gasteiger partial charge in [0, 0.05) is 12.1 Å². The molecule has 2 rings (SSSR count). The van der Waals surface area contributed by atoms with Gasteiger partial charge in [0.05, 0.1) is 6.61 Å². The van der Waals surface area contributed by atoms with Gasteiger partial charge in [-0.05, 0) is 18.8 Å². The highest BCUT2D eigenvalue weighted by molar-refractivity contribution is 5.73. The number of nitrogens with one attached hydrogen (secondary N) is 1. The Bertz CT molecular complexity index is 234.